The van der Waals surface area contributed by atoms with E-state index in [4.69, 9.17) is 11.5 Å². The highest BCUT2D eigenvalue weighted by Gasteiger charge is 2.31. The van der Waals surface area contributed by atoms with Gasteiger partial charge in [0.15, 0.2) is 0 Å². The number of urea groups is 1. The number of carbonyl (C=O) groups is 2. The number of piperazine rings is 1. The third-order valence-electron chi connectivity index (χ3n) is 7.69. The van der Waals surface area contributed by atoms with Gasteiger partial charge in [-0.1, -0.05) is 12.1 Å². The number of aliphatic hydroxyl groups excluding tert-OH is 1. The predicted octanol–water partition coefficient (Wildman–Crippen LogP) is 1.13. The molecule has 1 aromatic heterocycles. The maximum absolute atomic E-state index is 12.8. The van der Waals surface area contributed by atoms with Crippen LogP contribution in [0.2, 0.25) is 0 Å². The van der Waals surface area contributed by atoms with Crippen LogP contribution in [-0.2, 0) is 11.3 Å². The fraction of sp³-hybridized carbons (Fsp3) is 0.571. The van der Waals surface area contributed by atoms with Gasteiger partial charge in [-0.3, -0.25) is 19.6 Å². The van der Waals surface area contributed by atoms with E-state index in [2.05, 4.69) is 15.2 Å². The van der Waals surface area contributed by atoms with E-state index in [0.29, 0.717) is 51.0 Å². The zero-order chi connectivity index (χ0) is 28.9. The van der Waals surface area contributed by atoms with E-state index in [1.54, 1.807) is 35.9 Å². The van der Waals surface area contributed by atoms with Gasteiger partial charge in [0, 0.05) is 57.5 Å². The van der Waals surface area contributed by atoms with Crippen molar-refractivity contribution in [1.29, 1.82) is 0 Å². The standard InChI is InChI=1S/C28H42N8O4.ClH/c1-28(2,30)25(38)33-13-15-34(16-14-33)26(39)31-24-11-12-36(27(40)32-24)23-7-3-20(4-8-23)19-35(17-18-37)22-9-5-21(29)6-10-22;/h3-4,7-8,11-12,21-22,37H,5-6,9-10,13-19,29-30H2,1-2H3,(H,31,32,39,40);1H/t21-,22-;. The van der Waals surface area contributed by atoms with Crippen molar-refractivity contribution in [3.8, 4) is 5.69 Å². The van der Waals surface area contributed by atoms with E-state index in [9.17, 15) is 19.5 Å². The first-order valence-electron chi connectivity index (χ1n) is 14.0. The lowest BCUT2D eigenvalue weighted by atomic mass is 9.90. The molecule has 0 unspecified atom stereocenters. The van der Waals surface area contributed by atoms with Crippen molar-refractivity contribution in [2.45, 2.75) is 63.7 Å². The van der Waals surface area contributed by atoms with Crippen LogP contribution in [0.1, 0.15) is 45.1 Å². The average Bonchev–Trinajstić information content (AvgIpc) is 2.93. The second-order valence-corrected chi connectivity index (χ2v) is 11.3. The van der Waals surface area contributed by atoms with Gasteiger partial charge in [0.1, 0.15) is 5.82 Å². The van der Waals surface area contributed by atoms with Crippen molar-refractivity contribution in [2.75, 3.05) is 44.6 Å². The third kappa shape index (κ3) is 8.49. The molecule has 6 N–H and O–H groups in total. The first-order chi connectivity index (χ1) is 19.0. The maximum Gasteiger partial charge on any atom is 0.354 e. The van der Waals surface area contributed by atoms with Gasteiger partial charge < -0.3 is 26.4 Å². The molecule has 2 aromatic rings. The summed E-state index contributed by atoms with van der Waals surface area (Å²) in [7, 11) is 0. The van der Waals surface area contributed by atoms with Crippen molar-refractivity contribution >= 4 is 30.2 Å². The number of nitrogens with zero attached hydrogens (tertiary/aromatic N) is 5. The normalized spacial score (nSPS) is 19.6. The molecule has 41 heavy (non-hydrogen) atoms. The molecule has 0 atom stereocenters. The number of nitrogens with two attached hydrogens (primary N) is 2. The van der Waals surface area contributed by atoms with Gasteiger partial charge in [0.2, 0.25) is 5.91 Å². The van der Waals surface area contributed by atoms with Crippen LogP contribution in [-0.4, -0.2) is 98.2 Å². The Kier molecular flexibility index (Phi) is 11.3. The molecule has 0 bridgehead atoms. The maximum atomic E-state index is 12.8. The van der Waals surface area contributed by atoms with Crippen LogP contribution in [0.4, 0.5) is 10.6 Å². The minimum Gasteiger partial charge on any atom is -0.395 e. The average molecular weight is 591 g/mol. The zero-order valence-electron chi connectivity index (χ0n) is 23.9. The molecule has 1 saturated carbocycles. The van der Waals surface area contributed by atoms with Crippen LogP contribution in [0.3, 0.4) is 0 Å². The molecule has 1 aromatic carbocycles. The molecule has 1 aliphatic carbocycles. The van der Waals surface area contributed by atoms with Crippen molar-refractivity contribution in [1.82, 2.24) is 24.3 Å². The van der Waals surface area contributed by atoms with Gasteiger partial charge >= 0.3 is 11.7 Å². The molecule has 1 aliphatic heterocycles. The molecule has 2 aliphatic rings. The monoisotopic (exact) mass is 590 g/mol. The van der Waals surface area contributed by atoms with Gasteiger partial charge in [-0.2, -0.15) is 4.98 Å². The lowest BCUT2D eigenvalue weighted by molar-refractivity contribution is -0.137. The highest BCUT2D eigenvalue weighted by molar-refractivity contribution is 5.89. The lowest BCUT2D eigenvalue weighted by Crippen LogP contribution is -2.58. The molecule has 0 spiro atoms. The van der Waals surface area contributed by atoms with Gasteiger partial charge in [-0.05, 0) is 63.3 Å². The largest absolute Gasteiger partial charge is 0.395 e. The molecule has 1 saturated heterocycles. The number of aromatic nitrogens is 2. The minimum absolute atomic E-state index is 0. The topological polar surface area (TPSA) is 163 Å². The highest BCUT2D eigenvalue weighted by Crippen LogP contribution is 2.24. The zero-order valence-corrected chi connectivity index (χ0v) is 24.7. The Balaban J connectivity index is 0.00000462. The highest BCUT2D eigenvalue weighted by atomic mass is 35.5. The summed E-state index contributed by atoms with van der Waals surface area (Å²) in [6, 6.07) is 9.59. The molecule has 13 heteroatoms. The van der Waals surface area contributed by atoms with Crippen LogP contribution in [0.15, 0.2) is 41.3 Å². The molecule has 4 rings (SSSR count). The Morgan fingerprint density at radius 1 is 1.05 bits per heavy atom. The van der Waals surface area contributed by atoms with Crippen LogP contribution >= 0.6 is 12.4 Å². The van der Waals surface area contributed by atoms with Crippen molar-refractivity contribution in [3.63, 3.8) is 0 Å². The van der Waals surface area contributed by atoms with Crippen molar-refractivity contribution in [2.24, 2.45) is 11.5 Å². The van der Waals surface area contributed by atoms with Crippen molar-refractivity contribution in [3.05, 3.63) is 52.6 Å². The Hall–Kier alpha value is -3.03. The first-order valence-corrected chi connectivity index (χ1v) is 14.0. The summed E-state index contributed by atoms with van der Waals surface area (Å²) in [5.74, 6) is 0.0130. The molecule has 2 heterocycles. The Morgan fingerprint density at radius 3 is 2.22 bits per heavy atom. The van der Waals surface area contributed by atoms with E-state index < -0.39 is 11.2 Å². The molecule has 226 valence electrons. The molecule has 0 radical (unpaired) electrons. The number of aliphatic hydroxyl groups is 1. The van der Waals surface area contributed by atoms with Crippen molar-refractivity contribution < 1.29 is 14.7 Å². The quantitative estimate of drug-likeness (QED) is 0.355. The molecule has 3 amide bonds. The molecule has 2 fully saturated rings. The number of hydrogen-bond acceptors (Lipinski definition) is 8. The molecular formula is C28H43ClN8O4. The fourth-order valence-electron chi connectivity index (χ4n) is 5.36. The molecular weight excluding hydrogens is 548 g/mol. The van der Waals surface area contributed by atoms with Crippen LogP contribution < -0.4 is 22.5 Å². The van der Waals surface area contributed by atoms with Gasteiger partial charge in [-0.25, -0.2) is 9.59 Å². The van der Waals surface area contributed by atoms with E-state index in [-0.39, 0.29) is 42.8 Å². The molecule has 12 nitrogen and oxygen atoms in total. The Labute approximate surface area is 247 Å². The Bertz CT molecular complexity index is 1220. The SMILES string of the molecule is CC(C)(N)C(=O)N1CCN(C(=O)Nc2ccn(-c3ccc(CN(CCO)[C@H]4CC[C@H](N)CC4)cc3)c(=O)n2)CC1.Cl. The summed E-state index contributed by atoms with van der Waals surface area (Å²) >= 11 is 0. The van der Waals surface area contributed by atoms with Crippen LogP contribution in [0.25, 0.3) is 5.69 Å². The van der Waals surface area contributed by atoms with E-state index in [1.165, 1.54) is 4.57 Å². The van der Waals surface area contributed by atoms with E-state index in [0.717, 1.165) is 31.2 Å². The summed E-state index contributed by atoms with van der Waals surface area (Å²) in [5, 5.41) is 12.3. The number of anilines is 1. The van der Waals surface area contributed by atoms with Crippen LogP contribution in [0.5, 0.6) is 0 Å². The second kappa shape index (κ2) is 14.2. The summed E-state index contributed by atoms with van der Waals surface area (Å²) < 4.78 is 1.42. The number of carbonyl (C=O) groups excluding carboxylic acids is 2. The summed E-state index contributed by atoms with van der Waals surface area (Å²) in [6.45, 7) is 6.27. The fourth-order valence-corrected chi connectivity index (χ4v) is 5.36. The second-order valence-electron chi connectivity index (χ2n) is 11.3. The van der Waals surface area contributed by atoms with E-state index >= 15 is 0 Å². The number of hydrogen-bond donors (Lipinski definition) is 4. The number of halogens is 1. The van der Waals surface area contributed by atoms with Gasteiger partial charge in [-0.15, -0.1) is 12.4 Å². The predicted molar refractivity (Wildman–Crippen MR) is 160 cm³/mol. The van der Waals surface area contributed by atoms with E-state index in [1.807, 2.05) is 24.3 Å². The van der Waals surface area contributed by atoms with Gasteiger partial charge in [0.05, 0.1) is 17.8 Å². The summed E-state index contributed by atoms with van der Waals surface area (Å²) in [6.07, 6.45) is 5.66. The first kappa shape index (κ1) is 32.5. The number of amides is 3. The van der Waals surface area contributed by atoms with Gasteiger partial charge in [0.25, 0.3) is 0 Å². The number of benzene rings is 1. The smallest absolute Gasteiger partial charge is 0.354 e. The minimum atomic E-state index is -0.955. The lowest BCUT2D eigenvalue weighted by Gasteiger charge is -2.37. The summed E-state index contributed by atoms with van der Waals surface area (Å²) in [4.78, 5) is 47.5. The summed E-state index contributed by atoms with van der Waals surface area (Å²) in [5.41, 5.74) is 12.3. The van der Waals surface area contributed by atoms with Crippen LogP contribution in [0, 0.1) is 0 Å². The third-order valence-corrected chi connectivity index (χ3v) is 7.69. The number of nitrogens with one attached hydrogen (secondary N) is 1. The Morgan fingerprint density at radius 2 is 1.66 bits per heavy atom. The number of rotatable bonds is 8.